The van der Waals surface area contributed by atoms with Crippen LogP contribution in [-0.4, -0.2) is 30.0 Å². The standard InChI is InChI=1S/C26H26N2O6S/c1-4-16-34-21-13-6-18(7-14-21)8-15-22(29)27-25-24(26(30)33-5-2)23(17(3)35-25)19-9-11-20(12-10-19)28(31)32/h6-15H,4-5,16H2,1-3H3,(H,27,29)/b15-8+. The summed E-state index contributed by atoms with van der Waals surface area (Å²) in [6.07, 6.45) is 3.97. The molecule has 3 rings (SSSR count). The van der Waals surface area contributed by atoms with E-state index in [1.165, 1.54) is 29.5 Å². The fourth-order valence-electron chi connectivity index (χ4n) is 3.35. The number of anilines is 1. The normalized spacial score (nSPS) is 10.8. The van der Waals surface area contributed by atoms with Crippen molar-refractivity contribution in [2.24, 2.45) is 0 Å². The molecule has 1 heterocycles. The van der Waals surface area contributed by atoms with Gasteiger partial charge in [0.15, 0.2) is 0 Å². The van der Waals surface area contributed by atoms with Gasteiger partial charge < -0.3 is 14.8 Å². The van der Waals surface area contributed by atoms with Gasteiger partial charge in [-0.1, -0.05) is 19.1 Å². The molecular weight excluding hydrogens is 468 g/mol. The Morgan fingerprint density at radius 2 is 1.77 bits per heavy atom. The van der Waals surface area contributed by atoms with Crippen LogP contribution in [0.4, 0.5) is 10.7 Å². The zero-order chi connectivity index (χ0) is 25.4. The highest BCUT2D eigenvalue weighted by atomic mass is 32.1. The van der Waals surface area contributed by atoms with Crippen molar-refractivity contribution in [3.8, 4) is 16.9 Å². The summed E-state index contributed by atoms with van der Waals surface area (Å²) in [5.74, 6) is -0.217. The second kappa shape index (κ2) is 11.9. The van der Waals surface area contributed by atoms with Crippen molar-refractivity contribution in [2.45, 2.75) is 27.2 Å². The van der Waals surface area contributed by atoms with Crippen molar-refractivity contribution in [1.29, 1.82) is 0 Å². The van der Waals surface area contributed by atoms with E-state index in [9.17, 15) is 19.7 Å². The lowest BCUT2D eigenvalue weighted by atomic mass is 10.0. The molecule has 1 aromatic heterocycles. The monoisotopic (exact) mass is 494 g/mol. The SMILES string of the molecule is CCCOc1ccc(/C=C/C(=O)Nc2sc(C)c(-c3ccc([N+](=O)[O-])cc3)c2C(=O)OCC)cc1. The highest BCUT2D eigenvalue weighted by molar-refractivity contribution is 7.17. The summed E-state index contributed by atoms with van der Waals surface area (Å²) in [6, 6.07) is 13.3. The number of hydrogen-bond donors (Lipinski definition) is 1. The number of nitro groups is 1. The van der Waals surface area contributed by atoms with Crippen molar-refractivity contribution in [3.05, 3.63) is 80.7 Å². The van der Waals surface area contributed by atoms with Crippen LogP contribution < -0.4 is 10.1 Å². The fraction of sp³-hybridized carbons (Fsp3) is 0.231. The zero-order valence-electron chi connectivity index (χ0n) is 19.7. The molecule has 0 atom stereocenters. The third-order valence-electron chi connectivity index (χ3n) is 4.95. The largest absolute Gasteiger partial charge is 0.494 e. The number of rotatable bonds is 10. The summed E-state index contributed by atoms with van der Waals surface area (Å²) in [4.78, 5) is 36.8. The van der Waals surface area contributed by atoms with E-state index in [0.717, 1.165) is 22.6 Å². The van der Waals surface area contributed by atoms with Gasteiger partial charge in [-0.25, -0.2) is 4.79 Å². The molecule has 3 aromatic rings. The molecule has 0 bridgehead atoms. The van der Waals surface area contributed by atoms with Crippen molar-refractivity contribution < 1.29 is 24.0 Å². The van der Waals surface area contributed by atoms with E-state index in [1.807, 2.05) is 38.1 Å². The van der Waals surface area contributed by atoms with E-state index in [1.54, 1.807) is 25.1 Å². The van der Waals surface area contributed by atoms with Gasteiger partial charge in [0.1, 0.15) is 16.3 Å². The van der Waals surface area contributed by atoms with Crippen LogP contribution >= 0.6 is 11.3 Å². The number of ether oxygens (including phenoxy) is 2. The molecule has 0 saturated carbocycles. The molecule has 0 spiro atoms. The highest BCUT2D eigenvalue weighted by Crippen LogP contribution is 2.40. The van der Waals surface area contributed by atoms with Crippen molar-refractivity contribution >= 4 is 40.0 Å². The predicted molar refractivity (Wildman–Crippen MR) is 137 cm³/mol. The van der Waals surface area contributed by atoms with Crippen molar-refractivity contribution in [2.75, 3.05) is 18.5 Å². The highest BCUT2D eigenvalue weighted by Gasteiger charge is 2.25. The maximum absolute atomic E-state index is 12.8. The Bertz CT molecular complexity index is 1230. The molecule has 0 aliphatic rings. The third-order valence-corrected chi connectivity index (χ3v) is 5.97. The topological polar surface area (TPSA) is 108 Å². The number of carbonyl (C=O) groups is 2. The minimum atomic E-state index is -0.577. The lowest BCUT2D eigenvalue weighted by Crippen LogP contribution is -2.12. The summed E-state index contributed by atoms with van der Waals surface area (Å²) >= 11 is 1.24. The number of benzene rings is 2. The lowest BCUT2D eigenvalue weighted by molar-refractivity contribution is -0.384. The van der Waals surface area contributed by atoms with E-state index < -0.39 is 16.8 Å². The van der Waals surface area contributed by atoms with Crippen molar-refractivity contribution in [1.82, 2.24) is 0 Å². The van der Waals surface area contributed by atoms with Gasteiger partial charge in [-0.05, 0) is 61.7 Å². The number of nitrogens with one attached hydrogen (secondary N) is 1. The van der Waals surface area contributed by atoms with E-state index in [2.05, 4.69) is 5.32 Å². The Morgan fingerprint density at radius 3 is 2.37 bits per heavy atom. The molecule has 0 unspecified atom stereocenters. The third kappa shape index (κ3) is 6.54. The van der Waals surface area contributed by atoms with E-state index in [0.29, 0.717) is 22.7 Å². The van der Waals surface area contributed by atoms with Crippen LogP contribution in [0.3, 0.4) is 0 Å². The van der Waals surface area contributed by atoms with Gasteiger partial charge in [0, 0.05) is 28.6 Å². The quantitative estimate of drug-likeness (QED) is 0.154. The first-order valence-corrected chi connectivity index (χ1v) is 11.9. The number of thiophene rings is 1. The second-order valence-electron chi connectivity index (χ2n) is 7.50. The molecule has 0 saturated heterocycles. The summed E-state index contributed by atoms with van der Waals surface area (Å²) in [5, 5.41) is 14.1. The average molecular weight is 495 g/mol. The molecule has 0 fully saturated rings. The van der Waals surface area contributed by atoms with Gasteiger partial charge in [0.2, 0.25) is 5.91 Å². The van der Waals surface area contributed by atoms with Crippen LogP contribution in [0.1, 0.15) is 41.1 Å². The number of aryl methyl sites for hydroxylation is 1. The number of nitrogens with zero attached hydrogens (tertiary/aromatic N) is 1. The first-order valence-electron chi connectivity index (χ1n) is 11.1. The van der Waals surface area contributed by atoms with Crippen LogP contribution in [0, 0.1) is 17.0 Å². The molecule has 9 heteroatoms. The molecule has 8 nitrogen and oxygen atoms in total. The number of esters is 1. The molecule has 0 aliphatic carbocycles. The smallest absolute Gasteiger partial charge is 0.341 e. The van der Waals surface area contributed by atoms with E-state index in [4.69, 9.17) is 9.47 Å². The average Bonchev–Trinajstić information content (AvgIpc) is 3.17. The Hall–Kier alpha value is -3.98. The van der Waals surface area contributed by atoms with Gasteiger partial charge in [0.05, 0.1) is 18.1 Å². The molecule has 182 valence electrons. The lowest BCUT2D eigenvalue weighted by Gasteiger charge is -2.08. The van der Waals surface area contributed by atoms with Crippen LogP contribution in [0.25, 0.3) is 17.2 Å². The van der Waals surface area contributed by atoms with Gasteiger partial charge in [-0.15, -0.1) is 11.3 Å². The molecule has 35 heavy (non-hydrogen) atoms. The van der Waals surface area contributed by atoms with E-state index >= 15 is 0 Å². The number of hydrogen-bond acceptors (Lipinski definition) is 7. The van der Waals surface area contributed by atoms with Crippen LogP contribution in [0.5, 0.6) is 5.75 Å². The van der Waals surface area contributed by atoms with E-state index in [-0.39, 0.29) is 17.9 Å². The Morgan fingerprint density at radius 1 is 1.09 bits per heavy atom. The maximum Gasteiger partial charge on any atom is 0.341 e. The van der Waals surface area contributed by atoms with Crippen LogP contribution in [0.2, 0.25) is 0 Å². The first-order chi connectivity index (χ1) is 16.8. The number of nitro benzene ring substituents is 1. The predicted octanol–water partition coefficient (Wildman–Crippen LogP) is 6.25. The second-order valence-corrected chi connectivity index (χ2v) is 8.73. The van der Waals surface area contributed by atoms with Crippen LogP contribution in [-0.2, 0) is 9.53 Å². The minimum absolute atomic E-state index is 0.0528. The fourth-order valence-corrected chi connectivity index (χ4v) is 4.42. The van der Waals surface area contributed by atoms with Gasteiger partial charge in [0.25, 0.3) is 5.69 Å². The van der Waals surface area contributed by atoms with Gasteiger partial charge >= 0.3 is 5.97 Å². The maximum atomic E-state index is 12.8. The molecule has 0 radical (unpaired) electrons. The van der Waals surface area contributed by atoms with Gasteiger partial charge in [-0.2, -0.15) is 0 Å². The molecule has 0 aliphatic heterocycles. The Labute approximate surface area is 207 Å². The first kappa shape index (κ1) is 25.6. The number of carbonyl (C=O) groups excluding carboxylic acids is 2. The van der Waals surface area contributed by atoms with Crippen LogP contribution in [0.15, 0.2) is 54.6 Å². The summed E-state index contributed by atoms with van der Waals surface area (Å²) < 4.78 is 10.8. The summed E-state index contributed by atoms with van der Waals surface area (Å²) in [5.41, 5.74) is 2.19. The molecule has 2 aromatic carbocycles. The molecule has 1 amide bonds. The minimum Gasteiger partial charge on any atom is -0.494 e. The molecule has 1 N–H and O–H groups in total. The Balaban J connectivity index is 1.85. The molecular formula is C26H26N2O6S. The summed E-state index contributed by atoms with van der Waals surface area (Å²) in [6.45, 7) is 6.36. The van der Waals surface area contributed by atoms with Gasteiger partial charge in [-0.3, -0.25) is 14.9 Å². The number of amides is 1. The number of non-ortho nitro benzene ring substituents is 1. The zero-order valence-corrected chi connectivity index (χ0v) is 20.5. The van der Waals surface area contributed by atoms with Crippen molar-refractivity contribution in [3.63, 3.8) is 0 Å². The Kier molecular flexibility index (Phi) is 8.74. The summed E-state index contributed by atoms with van der Waals surface area (Å²) in [7, 11) is 0.